The highest BCUT2D eigenvalue weighted by molar-refractivity contribution is 7.90. The summed E-state index contributed by atoms with van der Waals surface area (Å²) in [4.78, 5) is 18.2. The molecule has 1 aromatic heterocycles. The third-order valence-electron chi connectivity index (χ3n) is 6.34. The molecule has 0 saturated carbocycles. The van der Waals surface area contributed by atoms with Crippen LogP contribution >= 0.6 is 11.3 Å². The average Bonchev–Trinajstić information content (AvgIpc) is 3.40. The molecule has 5 rings (SSSR count). The zero-order valence-corrected chi connectivity index (χ0v) is 24.2. The van der Waals surface area contributed by atoms with Gasteiger partial charge in [0.1, 0.15) is 5.75 Å². The van der Waals surface area contributed by atoms with Gasteiger partial charge in [-0.05, 0) is 42.0 Å². The fraction of sp³-hybridized carbons (Fsp3) is 0.129. The molecule has 1 heterocycles. The minimum Gasteiger partial charge on any atom is -0.493 e. The zero-order chi connectivity index (χ0) is 29.7. The van der Waals surface area contributed by atoms with E-state index in [1.54, 1.807) is 72.8 Å². The van der Waals surface area contributed by atoms with Crippen molar-refractivity contribution in [1.29, 1.82) is 5.26 Å². The highest BCUT2D eigenvalue weighted by Crippen LogP contribution is 2.36. The lowest BCUT2D eigenvalue weighted by Crippen LogP contribution is -2.25. The number of ether oxygens (including phenoxy) is 3. The fourth-order valence-corrected chi connectivity index (χ4v) is 6.45. The number of sulfone groups is 1. The van der Waals surface area contributed by atoms with E-state index in [2.05, 4.69) is 10.3 Å². The lowest BCUT2D eigenvalue weighted by atomic mass is 10.1. The van der Waals surface area contributed by atoms with E-state index >= 15 is 0 Å². The van der Waals surface area contributed by atoms with Crippen molar-refractivity contribution in [3.05, 3.63) is 108 Å². The van der Waals surface area contributed by atoms with Crippen molar-refractivity contribution in [2.75, 3.05) is 19.5 Å². The second-order valence-electron chi connectivity index (χ2n) is 9.13. The minimum absolute atomic E-state index is 0.127. The Hall–Kier alpha value is -4.92. The van der Waals surface area contributed by atoms with Gasteiger partial charge in [-0.1, -0.05) is 53.8 Å². The van der Waals surface area contributed by atoms with E-state index in [0.29, 0.717) is 44.6 Å². The number of aromatic nitrogens is 1. The maximum absolute atomic E-state index is 13.6. The van der Waals surface area contributed by atoms with Gasteiger partial charge >= 0.3 is 0 Å². The van der Waals surface area contributed by atoms with Crippen molar-refractivity contribution in [1.82, 2.24) is 4.98 Å². The number of methoxy groups -OCH3 is 2. The third-order valence-corrected chi connectivity index (χ3v) is 8.98. The van der Waals surface area contributed by atoms with Crippen LogP contribution in [0.15, 0.2) is 95.9 Å². The Balaban J connectivity index is 1.43. The number of carbonyl (C=O) groups is 1. The molecule has 0 radical (unpaired) electrons. The number of amides is 1. The molecule has 0 bridgehead atoms. The number of nitriles is 1. The van der Waals surface area contributed by atoms with E-state index in [1.165, 1.54) is 37.7 Å². The number of nitrogens with zero attached hydrogens (tertiary/aromatic N) is 2. The first kappa shape index (κ1) is 28.6. The van der Waals surface area contributed by atoms with Gasteiger partial charge in [-0.3, -0.25) is 10.1 Å². The second kappa shape index (κ2) is 12.3. The van der Waals surface area contributed by atoms with Gasteiger partial charge in [0, 0.05) is 17.7 Å². The van der Waals surface area contributed by atoms with E-state index < -0.39 is 21.8 Å². The number of carbonyl (C=O) groups excluding carboxylic acids is 1. The van der Waals surface area contributed by atoms with Gasteiger partial charge in [0.15, 0.2) is 26.5 Å². The molecular formula is C31H25N3O6S2. The monoisotopic (exact) mass is 599 g/mol. The van der Waals surface area contributed by atoms with Crippen molar-refractivity contribution in [2.45, 2.75) is 16.8 Å². The number of thiazole rings is 1. The van der Waals surface area contributed by atoms with Crippen LogP contribution in [-0.4, -0.2) is 33.5 Å². The van der Waals surface area contributed by atoms with Crippen LogP contribution in [0.3, 0.4) is 0 Å². The lowest BCUT2D eigenvalue weighted by molar-refractivity contribution is -0.123. The SMILES string of the molecule is COc1cc2nc(NC(=O)C(Oc3ccc(C#N)cc3)c3ccc(S(=O)(=O)Cc4ccccc4)cc3)sc2cc1OC. The molecule has 0 aliphatic carbocycles. The molecule has 4 aromatic carbocycles. The topological polar surface area (TPSA) is 128 Å². The number of rotatable bonds is 10. The molecule has 1 atom stereocenters. The van der Waals surface area contributed by atoms with Gasteiger partial charge in [-0.15, -0.1) is 0 Å². The summed E-state index contributed by atoms with van der Waals surface area (Å²) in [6, 6.07) is 26.8. The first-order valence-corrected chi connectivity index (χ1v) is 15.1. The van der Waals surface area contributed by atoms with Crippen LogP contribution in [0.1, 0.15) is 22.8 Å². The molecule has 1 unspecified atom stereocenters. The van der Waals surface area contributed by atoms with Crippen LogP contribution in [0.25, 0.3) is 10.2 Å². The zero-order valence-electron chi connectivity index (χ0n) is 22.6. The summed E-state index contributed by atoms with van der Waals surface area (Å²) in [6.45, 7) is 0. The van der Waals surface area contributed by atoms with E-state index in [-0.39, 0.29) is 10.6 Å². The van der Waals surface area contributed by atoms with E-state index in [0.717, 1.165) is 4.70 Å². The maximum Gasteiger partial charge on any atom is 0.271 e. The molecule has 0 aliphatic rings. The van der Waals surface area contributed by atoms with Crippen molar-refractivity contribution in [2.24, 2.45) is 0 Å². The van der Waals surface area contributed by atoms with Gasteiger partial charge in [-0.2, -0.15) is 5.26 Å². The quantitative estimate of drug-likeness (QED) is 0.210. The van der Waals surface area contributed by atoms with Gasteiger partial charge in [0.25, 0.3) is 5.91 Å². The molecule has 11 heteroatoms. The first-order chi connectivity index (χ1) is 20.3. The van der Waals surface area contributed by atoms with Crippen LogP contribution in [0.2, 0.25) is 0 Å². The summed E-state index contributed by atoms with van der Waals surface area (Å²) < 4.78 is 43.6. The van der Waals surface area contributed by atoms with Gasteiger partial charge in [0.2, 0.25) is 6.10 Å². The number of hydrogen-bond donors (Lipinski definition) is 1. The van der Waals surface area contributed by atoms with E-state index in [1.807, 2.05) is 12.1 Å². The van der Waals surface area contributed by atoms with Gasteiger partial charge in [0.05, 0.1) is 46.7 Å². The molecule has 212 valence electrons. The predicted molar refractivity (Wildman–Crippen MR) is 160 cm³/mol. The lowest BCUT2D eigenvalue weighted by Gasteiger charge is -2.19. The van der Waals surface area contributed by atoms with Crippen molar-refractivity contribution in [3.8, 4) is 23.3 Å². The van der Waals surface area contributed by atoms with Crippen LogP contribution in [0.5, 0.6) is 17.2 Å². The summed E-state index contributed by atoms with van der Waals surface area (Å²) in [7, 11) is -0.550. The summed E-state index contributed by atoms with van der Waals surface area (Å²) >= 11 is 1.26. The highest BCUT2D eigenvalue weighted by atomic mass is 32.2. The standard InChI is InChI=1S/C31H25N3O6S2/c1-38-26-16-25-28(17-27(26)39-2)41-31(33-25)34-30(35)29(40-23-12-8-20(18-32)9-13-23)22-10-14-24(15-11-22)42(36,37)19-21-6-4-3-5-7-21/h3-17,29H,19H2,1-2H3,(H,33,34,35). The van der Waals surface area contributed by atoms with Crippen LogP contribution in [0, 0.1) is 11.3 Å². The Labute approximate surface area is 246 Å². The van der Waals surface area contributed by atoms with Crippen LogP contribution in [-0.2, 0) is 20.4 Å². The Morgan fingerprint density at radius 3 is 2.26 bits per heavy atom. The Morgan fingerprint density at radius 1 is 0.952 bits per heavy atom. The second-order valence-corrected chi connectivity index (χ2v) is 12.2. The first-order valence-electron chi connectivity index (χ1n) is 12.7. The number of nitrogens with one attached hydrogen (secondary N) is 1. The Morgan fingerprint density at radius 2 is 1.62 bits per heavy atom. The van der Waals surface area contributed by atoms with Gasteiger partial charge in [-0.25, -0.2) is 13.4 Å². The summed E-state index contributed by atoms with van der Waals surface area (Å²) in [5, 5.41) is 12.3. The summed E-state index contributed by atoms with van der Waals surface area (Å²) in [5.41, 5.74) is 2.16. The molecule has 0 saturated heterocycles. The largest absolute Gasteiger partial charge is 0.493 e. The molecule has 0 aliphatic heterocycles. The highest BCUT2D eigenvalue weighted by Gasteiger charge is 2.26. The molecule has 0 fully saturated rings. The molecule has 1 amide bonds. The summed E-state index contributed by atoms with van der Waals surface area (Å²) in [5.74, 6) is 0.741. The molecular weight excluding hydrogens is 574 g/mol. The van der Waals surface area contributed by atoms with E-state index in [9.17, 15) is 13.2 Å². The van der Waals surface area contributed by atoms with Crippen molar-refractivity contribution < 1.29 is 27.4 Å². The summed E-state index contributed by atoms with van der Waals surface area (Å²) in [6.07, 6.45) is -1.15. The average molecular weight is 600 g/mol. The van der Waals surface area contributed by atoms with Crippen molar-refractivity contribution in [3.63, 3.8) is 0 Å². The number of hydrogen-bond acceptors (Lipinski definition) is 9. The molecule has 42 heavy (non-hydrogen) atoms. The Kier molecular flexibility index (Phi) is 8.38. The smallest absolute Gasteiger partial charge is 0.271 e. The third kappa shape index (κ3) is 6.35. The van der Waals surface area contributed by atoms with Gasteiger partial charge < -0.3 is 14.2 Å². The molecule has 0 spiro atoms. The molecule has 1 N–H and O–H groups in total. The minimum atomic E-state index is -3.62. The predicted octanol–water partition coefficient (Wildman–Crippen LogP) is 5.92. The van der Waals surface area contributed by atoms with E-state index in [4.69, 9.17) is 19.5 Å². The number of fused-ring (bicyclic) bond motifs is 1. The number of anilines is 1. The fourth-order valence-electron chi connectivity index (χ4n) is 4.22. The molecule has 5 aromatic rings. The van der Waals surface area contributed by atoms with Crippen LogP contribution < -0.4 is 19.5 Å². The normalized spacial score (nSPS) is 11.8. The Bertz CT molecular complexity index is 1820. The molecule has 9 nitrogen and oxygen atoms in total. The van der Waals surface area contributed by atoms with Crippen molar-refractivity contribution >= 4 is 42.4 Å². The maximum atomic E-state index is 13.6. The number of benzene rings is 4. The van der Waals surface area contributed by atoms with Crippen LogP contribution in [0.4, 0.5) is 5.13 Å².